The van der Waals surface area contributed by atoms with Crippen molar-refractivity contribution in [1.29, 1.82) is 0 Å². The van der Waals surface area contributed by atoms with Crippen LogP contribution in [0.25, 0.3) is 0 Å². The van der Waals surface area contributed by atoms with E-state index in [1.165, 1.54) is 0 Å². The molecular weight excluding hydrogens is 215 g/mol. The van der Waals surface area contributed by atoms with Crippen LogP contribution in [0, 0.1) is 0 Å². The topological polar surface area (TPSA) is 80.9 Å². The van der Waals surface area contributed by atoms with E-state index in [2.05, 4.69) is 0 Å². The molecule has 0 aromatic heterocycles. The van der Waals surface area contributed by atoms with Crippen molar-refractivity contribution < 1.29 is 20.4 Å². The summed E-state index contributed by atoms with van der Waals surface area (Å²) >= 11 is 0.0345. The first kappa shape index (κ1) is 9.45. The summed E-state index contributed by atoms with van der Waals surface area (Å²) in [5, 5.41) is 36.7. The molecule has 4 nitrogen and oxygen atoms in total. The average Bonchev–Trinajstić information content (AvgIpc) is 2.01. The van der Waals surface area contributed by atoms with Crippen molar-refractivity contribution in [3.05, 3.63) is 0 Å². The second-order valence-electron chi connectivity index (χ2n) is 2.60. The molecule has 66 valence electrons. The van der Waals surface area contributed by atoms with E-state index in [0.717, 1.165) is 0 Å². The van der Waals surface area contributed by atoms with Crippen molar-refractivity contribution in [1.82, 2.24) is 0 Å². The maximum atomic E-state index is 9.25. The molecule has 5 heteroatoms. The van der Waals surface area contributed by atoms with Gasteiger partial charge in [-0.2, -0.15) is 0 Å². The van der Waals surface area contributed by atoms with Crippen LogP contribution >= 0.6 is 0 Å². The molecule has 0 aromatic carbocycles. The SMILES string of the molecule is OC[C@@H]1[Se]C[C@H](O)[C@H](O)[C@@H]1O. The molecule has 1 aliphatic heterocycles. The number of hydrogen-bond donors (Lipinski definition) is 4. The zero-order chi connectivity index (χ0) is 8.43. The third-order valence-corrected chi connectivity index (χ3v) is 4.70. The molecule has 0 bridgehead atoms. The summed E-state index contributed by atoms with van der Waals surface area (Å²) in [5.74, 6) is 0. The van der Waals surface area contributed by atoms with E-state index in [9.17, 15) is 5.11 Å². The molecule has 1 aliphatic rings. The quantitative estimate of drug-likeness (QED) is 0.390. The van der Waals surface area contributed by atoms with Crippen molar-refractivity contribution in [2.75, 3.05) is 6.61 Å². The molecule has 1 rings (SSSR count). The van der Waals surface area contributed by atoms with Gasteiger partial charge in [-0.15, -0.1) is 0 Å². The Hall–Kier alpha value is 0.359. The van der Waals surface area contributed by atoms with Gasteiger partial charge in [0.1, 0.15) is 0 Å². The van der Waals surface area contributed by atoms with Crippen molar-refractivity contribution in [3.63, 3.8) is 0 Å². The van der Waals surface area contributed by atoms with Gasteiger partial charge in [-0.3, -0.25) is 0 Å². The second-order valence-corrected chi connectivity index (χ2v) is 5.27. The molecular formula is C6H12O4Se. The first-order chi connectivity index (χ1) is 5.16. The van der Waals surface area contributed by atoms with E-state index in [0.29, 0.717) is 5.32 Å². The van der Waals surface area contributed by atoms with Gasteiger partial charge in [-0.05, 0) is 0 Å². The third kappa shape index (κ3) is 1.93. The van der Waals surface area contributed by atoms with Gasteiger partial charge in [0, 0.05) is 0 Å². The molecule has 0 saturated carbocycles. The Kier molecular flexibility index (Phi) is 3.30. The molecule has 0 aromatic rings. The minimum atomic E-state index is -1.08. The van der Waals surface area contributed by atoms with Crippen molar-refractivity contribution in [2.45, 2.75) is 28.4 Å². The number of rotatable bonds is 1. The van der Waals surface area contributed by atoms with Crippen LogP contribution in [0.1, 0.15) is 0 Å². The Bertz CT molecular complexity index is 130. The van der Waals surface area contributed by atoms with Gasteiger partial charge in [0.25, 0.3) is 0 Å². The summed E-state index contributed by atoms with van der Waals surface area (Å²) in [5.41, 5.74) is 0. The van der Waals surface area contributed by atoms with E-state index in [1.54, 1.807) is 0 Å². The minimum absolute atomic E-state index is 0.0345. The summed E-state index contributed by atoms with van der Waals surface area (Å²) in [7, 11) is 0. The van der Waals surface area contributed by atoms with Crippen molar-refractivity contribution >= 4 is 15.0 Å². The first-order valence-electron chi connectivity index (χ1n) is 3.43. The summed E-state index contributed by atoms with van der Waals surface area (Å²) in [6.45, 7) is -0.106. The van der Waals surface area contributed by atoms with Gasteiger partial charge in [0.2, 0.25) is 0 Å². The fraction of sp³-hybridized carbons (Fsp3) is 1.00. The zero-order valence-electron chi connectivity index (χ0n) is 5.92. The van der Waals surface area contributed by atoms with Crippen LogP contribution in [0.2, 0.25) is 10.1 Å². The monoisotopic (exact) mass is 228 g/mol. The normalized spacial score (nSPS) is 45.8. The predicted octanol–water partition coefficient (Wildman–Crippen LogP) is -2.01. The molecule has 0 amide bonds. The van der Waals surface area contributed by atoms with Gasteiger partial charge < -0.3 is 0 Å². The van der Waals surface area contributed by atoms with Gasteiger partial charge in [0.05, 0.1) is 0 Å². The Balaban J connectivity index is 2.52. The van der Waals surface area contributed by atoms with Gasteiger partial charge in [0.15, 0.2) is 0 Å². The Labute approximate surface area is 71.0 Å². The summed E-state index contributed by atoms with van der Waals surface area (Å²) in [6, 6.07) is 0. The van der Waals surface area contributed by atoms with Crippen molar-refractivity contribution in [2.24, 2.45) is 0 Å². The van der Waals surface area contributed by atoms with Gasteiger partial charge in [-0.25, -0.2) is 0 Å². The van der Waals surface area contributed by atoms with Crippen LogP contribution in [-0.4, -0.2) is 60.3 Å². The molecule has 0 aliphatic carbocycles. The molecule has 1 fully saturated rings. The molecule has 1 saturated heterocycles. The average molecular weight is 227 g/mol. The summed E-state index contributed by atoms with van der Waals surface area (Å²) in [4.78, 5) is -0.221. The molecule has 0 radical (unpaired) electrons. The van der Waals surface area contributed by atoms with Gasteiger partial charge >= 0.3 is 70.4 Å². The maximum absolute atomic E-state index is 9.25. The summed E-state index contributed by atoms with van der Waals surface area (Å²) < 4.78 is 0. The number of aliphatic hydroxyl groups is 4. The third-order valence-electron chi connectivity index (χ3n) is 1.79. The Morgan fingerprint density at radius 3 is 2.36 bits per heavy atom. The van der Waals surface area contributed by atoms with Crippen LogP contribution in [-0.2, 0) is 0 Å². The zero-order valence-corrected chi connectivity index (χ0v) is 7.63. The standard InChI is InChI=1S/C6H12O4Se/c7-1-4-6(10)5(9)3(8)2-11-4/h3-10H,1-2H2/t3-,4-,5-,6+/m0/s1. The van der Waals surface area contributed by atoms with E-state index in [-0.39, 0.29) is 26.4 Å². The molecule has 0 spiro atoms. The van der Waals surface area contributed by atoms with E-state index < -0.39 is 18.3 Å². The molecule has 0 unspecified atom stereocenters. The fourth-order valence-corrected chi connectivity index (χ4v) is 3.35. The van der Waals surface area contributed by atoms with Crippen LogP contribution in [0.4, 0.5) is 0 Å². The van der Waals surface area contributed by atoms with Gasteiger partial charge in [-0.1, -0.05) is 0 Å². The molecule has 1 heterocycles. The molecule has 4 N–H and O–H groups in total. The van der Waals surface area contributed by atoms with E-state index in [1.807, 2.05) is 0 Å². The van der Waals surface area contributed by atoms with Crippen LogP contribution in [0.15, 0.2) is 0 Å². The van der Waals surface area contributed by atoms with Crippen molar-refractivity contribution in [3.8, 4) is 0 Å². The molecule has 4 atom stereocenters. The number of hydrogen-bond acceptors (Lipinski definition) is 4. The Morgan fingerprint density at radius 2 is 1.82 bits per heavy atom. The predicted molar refractivity (Wildman–Crippen MR) is 39.4 cm³/mol. The Morgan fingerprint density at radius 1 is 1.18 bits per heavy atom. The first-order valence-corrected chi connectivity index (χ1v) is 5.63. The van der Waals surface area contributed by atoms with Crippen LogP contribution in [0.3, 0.4) is 0 Å². The summed E-state index contributed by atoms with van der Waals surface area (Å²) in [6.07, 6.45) is -2.85. The van der Waals surface area contributed by atoms with Crippen LogP contribution in [0.5, 0.6) is 0 Å². The fourth-order valence-electron chi connectivity index (χ4n) is 1.03. The van der Waals surface area contributed by atoms with Crippen LogP contribution < -0.4 is 0 Å². The van der Waals surface area contributed by atoms with E-state index in [4.69, 9.17) is 15.3 Å². The number of aliphatic hydroxyl groups excluding tert-OH is 4. The van der Waals surface area contributed by atoms with E-state index >= 15 is 0 Å². The second kappa shape index (κ2) is 3.85. The molecule has 11 heavy (non-hydrogen) atoms.